The van der Waals surface area contributed by atoms with Crippen molar-refractivity contribution in [2.75, 3.05) is 6.54 Å². The Labute approximate surface area is 147 Å². The third-order valence-corrected chi connectivity index (χ3v) is 4.14. The smallest absolute Gasteiger partial charge is 0.315 e. The number of carbonyl (C=O) groups excluding carboxylic acids is 2. The van der Waals surface area contributed by atoms with Crippen LogP contribution in [0.3, 0.4) is 0 Å². The lowest BCUT2D eigenvalue weighted by molar-refractivity contribution is 0.0972. The zero-order chi connectivity index (χ0) is 18.2. The fourth-order valence-corrected chi connectivity index (χ4v) is 2.52. The lowest BCUT2D eigenvalue weighted by atomic mass is 9.89. The molecule has 0 aliphatic rings. The molecule has 0 bridgehead atoms. The van der Waals surface area contributed by atoms with Crippen LogP contribution in [0.1, 0.15) is 35.7 Å². The van der Waals surface area contributed by atoms with Gasteiger partial charge in [-0.15, -0.1) is 0 Å². The van der Waals surface area contributed by atoms with E-state index in [0.29, 0.717) is 24.1 Å². The molecule has 134 valence electrons. The molecule has 4 N–H and O–H groups in total. The summed E-state index contributed by atoms with van der Waals surface area (Å²) in [5, 5.41) is 5.61. The van der Waals surface area contributed by atoms with Gasteiger partial charge in [0.1, 0.15) is 5.76 Å². The molecule has 0 saturated heterocycles. The summed E-state index contributed by atoms with van der Waals surface area (Å²) in [6.07, 6.45) is 0.916. The van der Waals surface area contributed by atoms with Gasteiger partial charge in [-0.25, -0.2) is 4.79 Å². The highest BCUT2D eigenvalue weighted by Gasteiger charge is 2.15. The SMILES string of the molecule is CC(C)C(CNC(=O)NCc1ccc(C(N)=O)o1)Cc1ccccc1. The molecular weight excluding hydrogens is 318 g/mol. The highest BCUT2D eigenvalue weighted by atomic mass is 16.4. The van der Waals surface area contributed by atoms with Crippen LogP contribution in [0.5, 0.6) is 0 Å². The molecule has 0 fully saturated rings. The van der Waals surface area contributed by atoms with Gasteiger partial charge in [-0.1, -0.05) is 44.2 Å². The molecule has 6 heteroatoms. The van der Waals surface area contributed by atoms with Gasteiger partial charge in [-0.3, -0.25) is 4.79 Å². The maximum Gasteiger partial charge on any atom is 0.315 e. The van der Waals surface area contributed by atoms with Crippen LogP contribution in [0.15, 0.2) is 46.9 Å². The molecule has 0 saturated carbocycles. The number of hydrogen-bond donors (Lipinski definition) is 3. The summed E-state index contributed by atoms with van der Waals surface area (Å²) in [5.74, 6) is 0.729. The second-order valence-corrected chi connectivity index (χ2v) is 6.39. The fourth-order valence-electron chi connectivity index (χ4n) is 2.52. The standard InChI is InChI=1S/C19H25N3O3/c1-13(2)15(10-14-6-4-3-5-7-14)11-21-19(24)22-12-16-8-9-17(25-16)18(20)23/h3-9,13,15H,10-12H2,1-2H3,(H2,20,23)(H2,21,22,24). The Morgan fingerprint density at radius 3 is 2.40 bits per heavy atom. The quantitative estimate of drug-likeness (QED) is 0.687. The molecule has 6 nitrogen and oxygen atoms in total. The van der Waals surface area contributed by atoms with E-state index in [4.69, 9.17) is 10.2 Å². The number of amides is 3. The topological polar surface area (TPSA) is 97.4 Å². The van der Waals surface area contributed by atoms with Crippen molar-refractivity contribution in [3.05, 3.63) is 59.5 Å². The molecule has 2 aromatic rings. The molecule has 1 unspecified atom stereocenters. The van der Waals surface area contributed by atoms with E-state index in [1.165, 1.54) is 11.6 Å². The molecule has 0 aliphatic heterocycles. The average molecular weight is 343 g/mol. The van der Waals surface area contributed by atoms with Crippen molar-refractivity contribution in [3.8, 4) is 0 Å². The Kier molecular flexibility index (Phi) is 6.62. The number of furan rings is 1. The van der Waals surface area contributed by atoms with E-state index in [1.54, 1.807) is 6.07 Å². The van der Waals surface area contributed by atoms with Gasteiger partial charge in [0.15, 0.2) is 5.76 Å². The van der Waals surface area contributed by atoms with Gasteiger partial charge in [-0.2, -0.15) is 0 Å². The van der Waals surface area contributed by atoms with Gasteiger partial charge >= 0.3 is 6.03 Å². The summed E-state index contributed by atoms with van der Waals surface area (Å²) in [4.78, 5) is 23.0. The third kappa shape index (κ3) is 5.99. The highest BCUT2D eigenvalue weighted by molar-refractivity contribution is 5.89. The first-order chi connectivity index (χ1) is 12.0. The first-order valence-corrected chi connectivity index (χ1v) is 8.40. The van der Waals surface area contributed by atoms with Crippen molar-refractivity contribution in [2.45, 2.75) is 26.8 Å². The summed E-state index contributed by atoms with van der Waals surface area (Å²) >= 11 is 0. The van der Waals surface area contributed by atoms with E-state index in [0.717, 1.165) is 6.42 Å². The van der Waals surface area contributed by atoms with Crippen molar-refractivity contribution < 1.29 is 14.0 Å². The molecule has 1 aromatic heterocycles. The summed E-state index contributed by atoms with van der Waals surface area (Å²) in [5.41, 5.74) is 6.39. The van der Waals surface area contributed by atoms with Crippen LogP contribution in [0.4, 0.5) is 4.79 Å². The summed E-state index contributed by atoms with van der Waals surface area (Å²) in [7, 11) is 0. The minimum absolute atomic E-state index is 0.0833. The van der Waals surface area contributed by atoms with E-state index in [1.807, 2.05) is 18.2 Å². The number of hydrogen-bond acceptors (Lipinski definition) is 3. The van der Waals surface area contributed by atoms with Crippen molar-refractivity contribution >= 4 is 11.9 Å². The second kappa shape index (κ2) is 8.92. The number of rotatable bonds is 8. The largest absolute Gasteiger partial charge is 0.454 e. The van der Waals surface area contributed by atoms with Crippen LogP contribution in [0.2, 0.25) is 0 Å². The predicted octanol–water partition coefficient (Wildman–Crippen LogP) is 2.69. The van der Waals surface area contributed by atoms with E-state index in [2.05, 4.69) is 36.6 Å². The molecule has 25 heavy (non-hydrogen) atoms. The average Bonchev–Trinajstić information content (AvgIpc) is 3.06. The van der Waals surface area contributed by atoms with Crippen molar-refractivity contribution in [3.63, 3.8) is 0 Å². The van der Waals surface area contributed by atoms with Gasteiger partial charge in [0.25, 0.3) is 5.91 Å². The Balaban J connectivity index is 1.79. The highest BCUT2D eigenvalue weighted by Crippen LogP contribution is 2.16. The third-order valence-electron chi connectivity index (χ3n) is 4.14. The molecule has 0 spiro atoms. The van der Waals surface area contributed by atoms with E-state index < -0.39 is 5.91 Å². The van der Waals surface area contributed by atoms with E-state index >= 15 is 0 Å². The number of nitrogens with one attached hydrogen (secondary N) is 2. The number of benzene rings is 1. The summed E-state index contributed by atoms with van der Waals surface area (Å²) < 4.78 is 5.22. The molecule has 0 aliphatic carbocycles. The minimum atomic E-state index is -0.628. The molecule has 1 heterocycles. The maximum absolute atomic E-state index is 12.0. The monoisotopic (exact) mass is 343 g/mol. The molecule has 2 rings (SSSR count). The summed E-state index contributed by atoms with van der Waals surface area (Å²) in [6.45, 7) is 5.09. The van der Waals surface area contributed by atoms with Crippen LogP contribution in [0, 0.1) is 11.8 Å². The van der Waals surface area contributed by atoms with E-state index in [9.17, 15) is 9.59 Å². The second-order valence-electron chi connectivity index (χ2n) is 6.39. The Morgan fingerprint density at radius 1 is 1.08 bits per heavy atom. The minimum Gasteiger partial charge on any atom is -0.454 e. The first-order valence-electron chi connectivity index (χ1n) is 8.40. The van der Waals surface area contributed by atoms with Crippen molar-refractivity contribution in [1.29, 1.82) is 0 Å². The van der Waals surface area contributed by atoms with E-state index in [-0.39, 0.29) is 18.3 Å². The van der Waals surface area contributed by atoms with Crippen LogP contribution >= 0.6 is 0 Å². The van der Waals surface area contributed by atoms with Crippen LogP contribution < -0.4 is 16.4 Å². The predicted molar refractivity (Wildman–Crippen MR) is 95.9 cm³/mol. The number of urea groups is 1. The van der Waals surface area contributed by atoms with Gasteiger partial charge in [0.05, 0.1) is 6.54 Å². The van der Waals surface area contributed by atoms with Gasteiger partial charge in [0, 0.05) is 6.54 Å². The lowest BCUT2D eigenvalue weighted by Gasteiger charge is -2.21. The van der Waals surface area contributed by atoms with Gasteiger partial charge in [-0.05, 0) is 36.0 Å². The number of primary amides is 1. The van der Waals surface area contributed by atoms with Gasteiger partial charge in [0.2, 0.25) is 0 Å². The van der Waals surface area contributed by atoms with Crippen LogP contribution in [-0.2, 0) is 13.0 Å². The van der Waals surface area contributed by atoms with Crippen molar-refractivity contribution in [2.24, 2.45) is 17.6 Å². The van der Waals surface area contributed by atoms with Crippen LogP contribution in [-0.4, -0.2) is 18.5 Å². The lowest BCUT2D eigenvalue weighted by Crippen LogP contribution is -2.39. The Hall–Kier alpha value is -2.76. The van der Waals surface area contributed by atoms with Gasteiger partial charge < -0.3 is 20.8 Å². The molecule has 3 amide bonds. The molecule has 0 radical (unpaired) electrons. The Morgan fingerprint density at radius 2 is 1.80 bits per heavy atom. The zero-order valence-corrected chi connectivity index (χ0v) is 14.6. The molecule has 1 aromatic carbocycles. The molecular formula is C19H25N3O3. The normalized spacial score (nSPS) is 12.0. The summed E-state index contributed by atoms with van der Waals surface area (Å²) in [6, 6.07) is 13.1. The fraction of sp³-hybridized carbons (Fsp3) is 0.368. The van der Waals surface area contributed by atoms with Crippen molar-refractivity contribution in [1.82, 2.24) is 10.6 Å². The first kappa shape index (κ1) is 18.6. The zero-order valence-electron chi connectivity index (χ0n) is 14.6. The maximum atomic E-state index is 12.0. The number of nitrogens with two attached hydrogens (primary N) is 1. The molecule has 1 atom stereocenters. The Bertz CT molecular complexity index is 695. The van der Waals surface area contributed by atoms with Crippen LogP contribution in [0.25, 0.3) is 0 Å². The number of carbonyl (C=O) groups is 2.